The average molecular weight is 316 g/mol. The third-order valence-corrected chi connectivity index (χ3v) is 5.25. The Morgan fingerprint density at radius 1 is 1.13 bits per heavy atom. The largest absolute Gasteiger partial charge is 0.493 e. The molecule has 1 saturated heterocycles. The number of benzene rings is 1. The number of amides is 3. The van der Waals surface area contributed by atoms with Crippen LogP contribution in [0.25, 0.3) is 0 Å². The molecule has 0 spiro atoms. The van der Waals surface area contributed by atoms with E-state index in [0.717, 1.165) is 12.3 Å². The van der Waals surface area contributed by atoms with Gasteiger partial charge in [0.05, 0.1) is 7.11 Å². The van der Waals surface area contributed by atoms with E-state index < -0.39 is 12.1 Å². The molecule has 3 fully saturated rings. The first kappa shape index (κ1) is 14.4. The molecule has 6 heteroatoms. The minimum atomic E-state index is -0.671. The molecule has 2 N–H and O–H groups in total. The number of ether oxygens (including phenoxy) is 2. The molecule has 2 aliphatic carbocycles. The van der Waals surface area contributed by atoms with Crippen LogP contribution in [0, 0.1) is 11.8 Å². The van der Waals surface area contributed by atoms with Crippen LogP contribution in [0.5, 0.6) is 11.5 Å². The van der Waals surface area contributed by atoms with Gasteiger partial charge in [0.2, 0.25) is 0 Å². The maximum atomic E-state index is 11.8. The van der Waals surface area contributed by atoms with Crippen molar-refractivity contribution in [2.75, 3.05) is 7.11 Å². The molecular weight excluding hydrogens is 296 g/mol. The van der Waals surface area contributed by atoms with E-state index in [1.54, 1.807) is 25.3 Å². The molecule has 0 aromatic heterocycles. The highest BCUT2D eigenvalue weighted by atomic mass is 16.5. The molecule has 4 atom stereocenters. The first-order valence-electron chi connectivity index (χ1n) is 8.10. The fourth-order valence-corrected chi connectivity index (χ4v) is 4.11. The van der Waals surface area contributed by atoms with Crippen LogP contribution in [0.3, 0.4) is 0 Å². The number of hydrogen-bond acceptors (Lipinski definition) is 4. The van der Waals surface area contributed by atoms with Gasteiger partial charge in [0.15, 0.2) is 11.5 Å². The number of carbonyl (C=O) groups is 2. The van der Waals surface area contributed by atoms with Crippen molar-refractivity contribution in [3.63, 3.8) is 0 Å². The third kappa shape index (κ3) is 2.52. The van der Waals surface area contributed by atoms with Gasteiger partial charge in [0.25, 0.3) is 5.91 Å². The van der Waals surface area contributed by atoms with Crippen LogP contribution in [0.1, 0.15) is 37.3 Å². The fourth-order valence-electron chi connectivity index (χ4n) is 4.11. The Morgan fingerprint density at radius 2 is 2.00 bits per heavy atom. The maximum Gasteiger partial charge on any atom is 0.322 e. The minimum Gasteiger partial charge on any atom is -0.493 e. The summed E-state index contributed by atoms with van der Waals surface area (Å²) in [5, 5.41) is 4.86. The van der Waals surface area contributed by atoms with Gasteiger partial charge in [-0.2, -0.15) is 0 Å². The Bertz CT molecular complexity index is 660. The van der Waals surface area contributed by atoms with Gasteiger partial charge in [-0.05, 0) is 55.2 Å². The summed E-state index contributed by atoms with van der Waals surface area (Å²) in [6.07, 6.45) is 5.13. The Kier molecular flexibility index (Phi) is 3.39. The molecule has 2 bridgehead atoms. The van der Waals surface area contributed by atoms with E-state index in [1.807, 2.05) is 0 Å². The smallest absolute Gasteiger partial charge is 0.322 e. The second kappa shape index (κ2) is 5.44. The Balaban J connectivity index is 1.58. The summed E-state index contributed by atoms with van der Waals surface area (Å²) in [5.41, 5.74) is 0.701. The van der Waals surface area contributed by atoms with Crippen molar-refractivity contribution in [2.24, 2.45) is 11.8 Å². The predicted molar refractivity (Wildman–Crippen MR) is 82.3 cm³/mol. The normalized spacial score (nSPS) is 31.9. The zero-order valence-electron chi connectivity index (χ0n) is 13.0. The summed E-state index contributed by atoms with van der Waals surface area (Å²) in [6, 6.07) is 4.24. The van der Waals surface area contributed by atoms with Gasteiger partial charge in [-0.1, -0.05) is 6.07 Å². The van der Waals surface area contributed by atoms with Crippen LogP contribution in [0.15, 0.2) is 18.2 Å². The van der Waals surface area contributed by atoms with E-state index in [-0.39, 0.29) is 12.0 Å². The van der Waals surface area contributed by atoms with Crippen LogP contribution in [-0.4, -0.2) is 25.2 Å². The summed E-state index contributed by atoms with van der Waals surface area (Å²) >= 11 is 0. The third-order valence-electron chi connectivity index (χ3n) is 5.25. The van der Waals surface area contributed by atoms with Gasteiger partial charge >= 0.3 is 6.03 Å². The standard InChI is InChI=1S/C17H20N2O4/c1-22-12-5-4-11(15-16(20)19-17(21)18-15)8-14(12)23-13-7-9-2-3-10(13)6-9/h4-5,8-10,13,15H,2-3,6-7H2,1H3,(H2,18,19,20,21). The number of fused-ring (bicyclic) bond motifs is 2. The Morgan fingerprint density at radius 3 is 2.61 bits per heavy atom. The fraction of sp³-hybridized carbons (Fsp3) is 0.529. The van der Waals surface area contributed by atoms with Gasteiger partial charge < -0.3 is 14.8 Å². The van der Waals surface area contributed by atoms with Crippen molar-refractivity contribution in [1.82, 2.24) is 10.6 Å². The van der Waals surface area contributed by atoms with Crippen molar-refractivity contribution in [1.29, 1.82) is 0 Å². The number of hydrogen-bond donors (Lipinski definition) is 2. The molecule has 1 heterocycles. The molecule has 1 aliphatic heterocycles. The lowest BCUT2D eigenvalue weighted by atomic mass is 9.97. The van der Waals surface area contributed by atoms with E-state index in [4.69, 9.17) is 9.47 Å². The van der Waals surface area contributed by atoms with E-state index in [1.165, 1.54) is 19.3 Å². The van der Waals surface area contributed by atoms with Gasteiger partial charge in [-0.15, -0.1) is 0 Å². The highest BCUT2D eigenvalue weighted by Gasteiger charge is 2.41. The zero-order valence-corrected chi connectivity index (χ0v) is 13.0. The predicted octanol–water partition coefficient (Wildman–Crippen LogP) is 2.14. The van der Waals surface area contributed by atoms with Gasteiger partial charge in [-0.25, -0.2) is 4.79 Å². The lowest BCUT2D eigenvalue weighted by Gasteiger charge is -2.24. The quantitative estimate of drug-likeness (QED) is 0.835. The second-order valence-corrected chi connectivity index (χ2v) is 6.64. The molecule has 6 nitrogen and oxygen atoms in total. The number of carbonyl (C=O) groups excluding carboxylic acids is 2. The summed E-state index contributed by atoms with van der Waals surface area (Å²) < 4.78 is 11.6. The van der Waals surface area contributed by atoms with Crippen molar-refractivity contribution in [3.8, 4) is 11.5 Å². The van der Waals surface area contributed by atoms with Crippen LogP contribution in [0.4, 0.5) is 4.79 Å². The lowest BCUT2D eigenvalue weighted by molar-refractivity contribution is -0.120. The van der Waals surface area contributed by atoms with E-state index in [2.05, 4.69) is 10.6 Å². The van der Waals surface area contributed by atoms with Crippen molar-refractivity contribution in [3.05, 3.63) is 23.8 Å². The maximum absolute atomic E-state index is 11.8. The number of rotatable bonds is 4. The number of methoxy groups -OCH3 is 1. The van der Waals surface area contributed by atoms with Crippen molar-refractivity contribution in [2.45, 2.75) is 37.8 Å². The Labute approximate surface area is 134 Å². The van der Waals surface area contributed by atoms with Crippen LogP contribution in [-0.2, 0) is 4.79 Å². The molecule has 1 aromatic carbocycles. The Hall–Kier alpha value is -2.24. The number of nitrogens with one attached hydrogen (secondary N) is 2. The molecule has 3 aliphatic rings. The molecule has 4 unspecified atom stereocenters. The van der Waals surface area contributed by atoms with Gasteiger partial charge in [0, 0.05) is 0 Å². The minimum absolute atomic E-state index is 0.227. The molecule has 0 radical (unpaired) electrons. The molecule has 23 heavy (non-hydrogen) atoms. The lowest BCUT2D eigenvalue weighted by Crippen LogP contribution is -2.24. The zero-order chi connectivity index (χ0) is 16.0. The SMILES string of the molecule is COc1ccc(C2NC(=O)NC2=O)cc1OC1CC2CCC1C2. The summed E-state index contributed by atoms with van der Waals surface area (Å²) in [6.45, 7) is 0. The molecule has 3 amide bonds. The number of urea groups is 1. The van der Waals surface area contributed by atoms with E-state index in [9.17, 15) is 9.59 Å². The van der Waals surface area contributed by atoms with Crippen LogP contribution in [0.2, 0.25) is 0 Å². The summed E-state index contributed by atoms with van der Waals surface area (Å²) in [5.74, 6) is 2.38. The molecule has 1 aromatic rings. The monoisotopic (exact) mass is 316 g/mol. The van der Waals surface area contributed by atoms with Gasteiger partial charge in [0.1, 0.15) is 12.1 Å². The molecule has 2 saturated carbocycles. The summed E-state index contributed by atoms with van der Waals surface area (Å²) in [4.78, 5) is 23.1. The number of imide groups is 1. The first-order valence-corrected chi connectivity index (χ1v) is 8.10. The van der Waals surface area contributed by atoms with E-state index in [0.29, 0.717) is 23.0 Å². The second-order valence-electron chi connectivity index (χ2n) is 6.64. The van der Waals surface area contributed by atoms with Crippen LogP contribution < -0.4 is 20.1 Å². The first-order chi connectivity index (χ1) is 11.1. The summed E-state index contributed by atoms with van der Waals surface area (Å²) in [7, 11) is 1.60. The molecule has 4 rings (SSSR count). The van der Waals surface area contributed by atoms with Crippen LogP contribution >= 0.6 is 0 Å². The van der Waals surface area contributed by atoms with Crippen molar-refractivity contribution < 1.29 is 19.1 Å². The highest BCUT2D eigenvalue weighted by molar-refractivity contribution is 6.04. The van der Waals surface area contributed by atoms with Gasteiger partial charge in [-0.3, -0.25) is 10.1 Å². The van der Waals surface area contributed by atoms with E-state index >= 15 is 0 Å². The molecular formula is C17H20N2O4. The molecule has 122 valence electrons. The highest BCUT2D eigenvalue weighted by Crippen LogP contribution is 2.47. The topological polar surface area (TPSA) is 76.7 Å². The average Bonchev–Trinajstić information content (AvgIpc) is 3.23. The van der Waals surface area contributed by atoms with Crippen molar-refractivity contribution >= 4 is 11.9 Å².